The first-order chi connectivity index (χ1) is 9.89. The van der Waals surface area contributed by atoms with Crippen molar-refractivity contribution in [3.8, 4) is 0 Å². The fraction of sp³-hybridized carbons (Fsp3) is 0.765. The molecular formula is C17H29NO4. The van der Waals surface area contributed by atoms with E-state index in [1.807, 2.05) is 0 Å². The van der Waals surface area contributed by atoms with Gasteiger partial charge in [0.15, 0.2) is 0 Å². The molecule has 1 saturated carbocycles. The number of carbonyl (C=O) groups is 2. The van der Waals surface area contributed by atoms with Crippen LogP contribution in [0.25, 0.3) is 0 Å². The zero-order valence-electron chi connectivity index (χ0n) is 14.6. The summed E-state index contributed by atoms with van der Waals surface area (Å²) < 4.78 is 10.7. The fourth-order valence-corrected chi connectivity index (χ4v) is 2.46. The van der Waals surface area contributed by atoms with Gasteiger partial charge in [-0.05, 0) is 60.8 Å². The van der Waals surface area contributed by atoms with Gasteiger partial charge in [0.05, 0.1) is 0 Å². The summed E-state index contributed by atoms with van der Waals surface area (Å²) in [5.74, 6) is -0.534. The van der Waals surface area contributed by atoms with Gasteiger partial charge in [-0.3, -0.25) is 0 Å². The molecule has 0 aromatic carbocycles. The van der Waals surface area contributed by atoms with E-state index < -0.39 is 29.3 Å². The lowest BCUT2D eigenvalue weighted by atomic mass is 9.94. The molecule has 0 saturated heterocycles. The number of rotatable bonds is 3. The zero-order chi connectivity index (χ0) is 17.1. The fourth-order valence-electron chi connectivity index (χ4n) is 2.46. The summed E-state index contributed by atoms with van der Waals surface area (Å²) in [4.78, 5) is 24.5. The molecule has 1 aliphatic rings. The van der Waals surface area contributed by atoms with Crippen LogP contribution >= 0.6 is 0 Å². The second-order valence-corrected chi connectivity index (χ2v) is 7.81. The third-order valence-electron chi connectivity index (χ3n) is 3.27. The summed E-state index contributed by atoms with van der Waals surface area (Å²) in [6, 6.07) is -0.746. The molecule has 1 amide bonds. The van der Waals surface area contributed by atoms with Crippen LogP contribution in [0.5, 0.6) is 0 Å². The Bertz CT molecular complexity index is 443. The number of esters is 1. The van der Waals surface area contributed by atoms with Gasteiger partial charge >= 0.3 is 12.1 Å². The average Bonchev–Trinajstić information content (AvgIpc) is 2.67. The molecule has 22 heavy (non-hydrogen) atoms. The standard InChI is InChI=1S/C17H29NO4/c1-11-9-8-10-12(11)13(14(19)21-16(2,3)4)18-15(20)22-17(5,6)7/h12-13H,1,8-10H2,2-7H3,(H,18,20)/t12-,13+/m0/s1. The number of carbonyl (C=O) groups excluding carboxylic acids is 2. The Labute approximate surface area is 133 Å². The van der Waals surface area contributed by atoms with E-state index in [1.165, 1.54) is 0 Å². The maximum atomic E-state index is 12.5. The van der Waals surface area contributed by atoms with Crippen molar-refractivity contribution in [1.82, 2.24) is 5.32 Å². The summed E-state index contributed by atoms with van der Waals surface area (Å²) in [5.41, 5.74) is -0.243. The summed E-state index contributed by atoms with van der Waals surface area (Å²) >= 11 is 0. The van der Waals surface area contributed by atoms with Gasteiger partial charge in [0.25, 0.3) is 0 Å². The van der Waals surface area contributed by atoms with E-state index >= 15 is 0 Å². The summed E-state index contributed by atoms with van der Waals surface area (Å²) in [7, 11) is 0. The molecule has 2 atom stereocenters. The van der Waals surface area contributed by atoms with Crippen LogP contribution in [-0.2, 0) is 14.3 Å². The molecule has 0 aromatic heterocycles. The third-order valence-corrected chi connectivity index (χ3v) is 3.27. The number of ether oxygens (including phenoxy) is 2. The first-order valence-electron chi connectivity index (χ1n) is 7.79. The molecule has 0 radical (unpaired) electrons. The van der Waals surface area contributed by atoms with Crippen molar-refractivity contribution in [1.29, 1.82) is 0 Å². The van der Waals surface area contributed by atoms with Crippen molar-refractivity contribution in [3.05, 3.63) is 12.2 Å². The Morgan fingerprint density at radius 3 is 2.09 bits per heavy atom. The number of nitrogens with one attached hydrogen (secondary N) is 1. The molecule has 1 aliphatic carbocycles. The Hall–Kier alpha value is -1.52. The monoisotopic (exact) mass is 311 g/mol. The van der Waals surface area contributed by atoms with Gasteiger partial charge in [0, 0.05) is 5.92 Å². The molecule has 0 bridgehead atoms. The number of hydrogen-bond donors (Lipinski definition) is 1. The van der Waals surface area contributed by atoms with Gasteiger partial charge < -0.3 is 14.8 Å². The van der Waals surface area contributed by atoms with Crippen molar-refractivity contribution in [2.45, 2.75) is 78.0 Å². The molecule has 126 valence electrons. The SMILES string of the molecule is C=C1CCC[C@@H]1[C@@H](NC(=O)OC(C)(C)C)C(=O)OC(C)(C)C. The highest BCUT2D eigenvalue weighted by atomic mass is 16.6. The number of alkyl carbamates (subject to hydrolysis) is 1. The van der Waals surface area contributed by atoms with Gasteiger partial charge in [-0.25, -0.2) is 9.59 Å². The van der Waals surface area contributed by atoms with Crippen LogP contribution in [0, 0.1) is 5.92 Å². The Kier molecular flexibility index (Phi) is 5.65. The highest BCUT2D eigenvalue weighted by Crippen LogP contribution is 2.33. The van der Waals surface area contributed by atoms with Gasteiger partial charge in [0.1, 0.15) is 17.2 Å². The van der Waals surface area contributed by atoms with Gasteiger partial charge in [-0.15, -0.1) is 0 Å². The molecule has 0 aliphatic heterocycles. The van der Waals surface area contributed by atoms with Crippen LogP contribution in [0.2, 0.25) is 0 Å². The predicted molar refractivity (Wildman–Crippen MR) is 85.5 cm³/mol. The van der Waals surface area contributed by atoms with Crippen LogP contribution < -0.4 is 5.32 Å². The minimum Gasteiger partial charge on any atom is -0.458 e. The van der Waals surface area contributed by atoms with Crippen LogP contribution in [-0.4, -0.2) is 29.3 Å². The van der Waals surface area contributed by atoms with Crippen LogP contribution in [0.3, 0.4) is 0 Å². The lowest BCUT2D eigenvalue weighted by Gasteiger charge is -2.29. The minimum atomic E-state index is -0.746. The zero-order valence-corrected chi connectivity index (χ0v) is 14.6. The average molecular weight is 311 g/mol. The van der Waals surface area contributed by atoms with E-state index in [2.05, 4.69) is 11.9 Å². The van der Waals surface area contributed by atoms with E-state index in [4.69, 9.17) is 9.47 Å². The molecule has 0 spiro atoms. The first kappa shape index (κ1) is 18.5. The van der Waals surface area contributed by atoms with E-state index in [0.29, 0.717) is 0 Å². The minimum absolute atomic E-state index is 0.0950. The Morgan fingerprint density at radius 1 is 1.14 bits per heavy atom. The topological polar surface area (TPSA) is 64.6 Å². The highest BCUT2D eigenvalue weighted by molar-refractivity contribution is 5.82. The molecule has 0 heterocycles. The van der Waals surface area contributed by atoms with Crippen molar-refractivity contribution < 1.29 is 19.1 Å². The lowest BCUT2D eigenvalue weighted by Crippen LogP contribution is -2.49. The van der Waals surface area contributed by atoms with Crippen LogP contribution in [0.1, 0.15) is 60.8 Å². The largest absolute Gasteiger partial charge is 0.458 e. The van der Waals surface area contributed by atoms with Gasteiger partial charge in [-0.2, -0.15) is 0 Å². The Morgan fingerprint density at radius 2 is 1.68 bits per heavy atom. The molecule has 1 N–H and O–H groups in total. The first-order valence-corrected chi connectivity index (χ1v) is 7.79. The summed E-state index contributed by atoms with van der Waals surface area (Å²) in [6.45, 7) is 14.8. The second kappa shape index (κ2) is 6.71. The maximum absolute atomic E-state index is 12.5. The summed E-state index contributed by atoms with van der Waals surface area (Å²) in [5, 5.41) is 2.67. The molecule has 0 aromatic rings. The van der Waals surface area contributed by atoms with E-state index in [9.17, 15) is 9.59 Å². The van der Waals surface area contributed by atoms with E-state index in [1.54, 1.807) is 41.5 Å². The van der Waals surface area contributed by atoms with Crippen LogP contribution in [0.4, 0.5) is 4.79 Å². The summed E-state index contributed by atoms with van der Waals surface area (Å²) in [6.07, 6.45) is 2.06. The van der Waals surface area contributed by atoms with Crippen LogP contribution in [0.15, 0.2) is 12.2 Å². The molecule has 5 nitrogen and oxygen atoms in total. The predicted octanol–water partition coefficient (Wildman–Crippen LogP) is 3.58. The maximum Gasteiger partial charge on any atom is 0.408 e. The normalized spacial score (nSPS) is 20.5. The third kappa shape index (κ3) is 6.08. The van der Waals surface area contributed by atoms with Gasteiger partial charge in [0.2, 0.25) is 0 Å². The number of amides is 1. The quantitative estimate of drug-likeness (QED) is 0.639. The lowest BCUT2D eigenvalue weighted by molar-refractivity contribution is -0.158. The van der Waals surface area contributed by atoms with E-state index in [-0.39, 0.29) is 5.92 Å². The number of hydrogen-bond acceptors (Lipinski definition) is 4. The molecular weight excluding hydrogens is 282 g/mol. The molecule has 1 rings (SSSR count). The van der Waals surface area contributed by atoms with Crippen molar-refractivity contribution in [3.63, 3.8) is 0 Å². The second-order valence-electron chi connectivity index (χ2n) is 7.81. The Balaban J connectivity index is 2.85. The van der Waals surface area contributed by atoms with Crippen molar-refractivity contribution >= 4 is 12.1 Å². The molecule has 5 heteroatoms. The van der Waals surface area contributed by atoms with Gasteiger partial charge in [-0.1, -0.05) is 12.2 Å². The highest BCUT2D eigenvalue weighted by Gasteiger charge is 2.37. The van der Waals surface area contributed by atoms with E-state index in [0.717, 1.165) is 24.8 Å². The molecule has 0 unspecified atom stereocenters. The molecule has 1 fully saturated rings. The smallest absolute Gasteiger partial charge is 0.408 e. The van der Waals surface area contributed by atoms with Crippen molar-refractivity contribution in [2.75, 3.05) is 0 Å². The van der Waals surface area contributed by atoms with Crippen molar-refractivity contribution in [2.24, 2.45) is 5.92 Å².